The molecule has 1 aromatic carbocycles. The third kappa shape index (κ3) is 5.95. The first-order chi connectivity index (χ1) is 9.93. The fraction of sp³-hybridized carbons (Fsp3) is 0.500. The summed E-state index contributed by atoms with van der Waals surface area (Å²) in [6.45, 7) is 6.20. The Morgan fingerprint density at radius 1 is 1.14 bits per heavy atom. The van der Waals surface area contributed by atoms with Crippen molar-refractivity contribution in [3.63, 3.8) is 0 Å². The third-order valence-electron chi connectivity index (χ3n) is 3.10. The van der Waals surface area contributed by atoms with Crippen LogP contribution < -0.4 is 10.6 Å². The number of methoxy groups -OCH3 is 1. The van der Waals surface area contributed by atoms with Gasteiger partial charge in [-0.2, -0.15) is 0 Å². The number of carbonyl (C=O) groups excluding carboxylic acids is 2. The van der Waals surface area contributed by atoms with Gasteiger partial charge in [-0.1, -0.05) is 24.3 Å². The van der Waals surface area contributed by atoms with Crippen LogP contribution in [0, 0.1) is 0 Å². The van der Waals surface area contributed by atoms with E-state index in [1.807, 2.05) is 45.0 Å². The molecule has 5 nitrogen and oxygen atoms in total. The van der Waals surface area contributed by atoms with Gasteiger partial charge in [-0.3, -0.25) is 9.59 Å². The van der Waals surface area contributed by atoms with E-state index in [1.165, 1.54) is 7.11 Å². The van der Waals surface area contributed by atoms with Crippen LogP contribution in [-0.2, 0) is 27.3 Å². The third-order valence-corrected chi connectivity index (χ3v) is 3.10. The lowest BCUT2D eigenvalue weighted by Crippen LogP contribution is -2.44. The Labute approximate surface area is 126 Å². The summed E-state index contributed by atoms with van der Waals surface area (Å²) >= 11 is 0. The maximum absolute atomic E-state index is 11.8. The Bertz CT molecular complexity index is 486. The number of amides is 1. The van der Waals surface area contributed by atoms with Gasteiger partial charge >= 0.3 is 5.97 Å². The first-order valence-corrected chi connectivity index (χ1v) is 7.11. The standard InChI is InChI=1S/C16H24N2O3/c1-11(2)18-16(20)12(3)17-10-14-8-6-5-7-13(14)9-15(19)21-4/h5-8,11-12,17H,9-10H2,1-4H3,(H,18,20). The number of carbonyl (C=O) groups is 2. The van der Waals surface area contributed by atoms with Crippen molar-refractivity contribution in [2.24, 2.45) is 0 Å². The lowest BCUT2D eigenvalue weighted by atomic mass is 10.0. The SMILES string of the molecule is COC(=O)Cc1ccccc1CNC(C)C(=O)NC(C)C. The Balaban J connectivity index is 2.62. The highest BCUT2D eigenvalue weighted by atomic mass is 16.5. The number of rotatable bonds is 7. The zero-order chi connectivity index (χ0) is 15.8. The fourth-order valence-corrected chi connectivity index (χ4v) is 1.90. The molecule has 0 saturated heterocycles. The van der Waals surface area contributed by atoms with Gasteiger partial charge in [-0.25, -0.2) is 0 Å². The predicted octanol–water partition coefficient (Wildman–Crippen LogP) is 1.40. The molecule has 0 aliphatic heterocycles. The van der Waals surface area contributed by atoms with Crippen LogP contribution in [0.15, 0.2) is 24.3 Å². The summed E-state index contributed by atoms with van der Waals surface area (Å²) in [7, 11) is 1.38. The smallest absolute Gasteiger partial charge is 0.309 e. The number of hydrogen-bond acceptors (Lipinski definition) is 4. The average Bonchev–Trinajstić information content (AvgIpc) is 2.45. The van der Waals surface area contributed by atoms with Crippen LogP contribution in [0.25, 0.3) is 0 Å². The maximum Gasteiger partial charge on any atom is 0.309 e. The van der Waals surface area contributed by atoms with Crippen LogP contribution in [0.1, 0.15) is 31.9 Å². The monoisotopic (exact) mass is 292 g/mol. The molecule has 2 N–H and O–H groups in total. The van der Waals surface area contributed by atoms with Gasteiger partial charge in [-0.05, 0) is 31.9 Å². The summed E-state index contributed by atoms with van der Waals surface area (Å²) in [5, 5.41) is 6.03. The van der Waals surface area contributed by atoms with Gasteiger partial charge in [0.25, 0.3) is 0 Å². The molecule has 0 saturated carbocycles. The van der Waals surface area contributed by atoms with Gasteiger partial charge in [0.05, 0.1) is 19.6 Å². The summed E-state index contributed by atoms with van der Waals surface area (Å²) in [6, 6.07) is 7.46. The summed E-state index contributed by atoms with van der Waals surface area (Å²) in [5.74, 6) is -0.302. The van der Waals surface area contributed by atoms with Crippen LogP contribution >= 0.6 is 0 Å². The zero-order valence-electron chi connectivity index (χ0n) is 13.1. The van der Waals surface area contributed by atoms with E-state index in [0.29, 0.717) is 6.54 Å². The second-order valence-corrected chi connectivity index (χ2v) is 5.29. The molecular formula is C16H24N2O3. The Kier molecular flexibility index (Phi) is 6.88. The zero-order valence-corrected chi connectivity index (χ0v) is 13.1. The highest BCUT2D eigenvalue weighted by molar-refractivity contribution is 5.81. The molecule has 1 aromatic rings. The molecule has 0 aromatic heterocycles. The molecule has 1 unspecified atom stereocenters. The second kappa shape index (κ2) is 8.42. The van der Waals surface area contributed by atoms with Crippen molar-refractivity contribution < 1.29 is 14.3 Å². The molecule has 0 aliphatic carbocycles. The van der Waals surface area contributed by atoms with Crippen molar-refractivity contribution in [2.75, 3.05) is 7.11 Å². The predicted molar refractivity (Wildman–Crippen MR) is 81.7 cm³/mol. The molecule has 0 radical (unpaired) electrons. The van der Waals surface area contributed by atoms with E-state index in [0.717, 1.165) is 11.1 Å². The van der Waals surface area contributed by atoms with Crippen molar-refractivity contribution in [3.05, 3.63) is 35.4 Å². The quantitative estimate of drug-likeness (QED) is 0.746. The minimum atomic E-state index is -0.293. The molecule has 21 heavy (non-hydrogen) atoms. The van der Waals surface area contributed by atoms with Gasteiger partial charge in [0.15, 0.2) is 0 Å². The molecular weight excluding hydrogens is 268 g/mol. The Hall–Kier alpha value is -1.88. The van der Waals surface area contributed by atoms with Gasteiger partial charge < -0.3 is 15.4 Å². The lowest BCUT2D eigenvalue weighted by Gasteiger charge is -2.17. The molecule has 0 heterocycles. The maximum atomic E-state index is 11.8. The van der Waals surface area contributed by atoms with Crippen LogP contribution in [0.4, 0.5) is 0 Å². The van der Waals surface area contributed by atoms with Gasteiger partial charge in [-0.15, -0.1) is 0 Å². The van der Waals surface area contributed by atoms with Crippen LogP contribution in [0.3, 0.4) is 0 Å². The molecule has 0 fully saturated rings. The lowest BCUT2D eigenvalue weighted by molar-refractivity contribution is -0.139. The van der Waals surface area contributed by atoms with Crippen molar-refractivity contribution in [1.82, 2.24) is 10.6 Å². The molecule has 5 heteroatoms. The van der Waals surface area contributed by atoms with Crippen molar-refractivity contribution in [3.8, 4) is 0 Å². The van der Waals surface area contributed by atoms with Crippen molar-refractivity contribution in [1.29, 1.82) is 0 Å². The number of benzene rings is 1. The van der Waals surface area contributed by atoms with Crippen LogP contribution in [0.2, 0.25) is 0 Å². The van der Waals surface area contributed by atoms with E-state index < -0.39 is 0 Å². The van der Waals surface area contributed by atoms with Crippen LogP contribution in [0.5, 0.6) is 0 Å². The average molecular weight is 292 g/mol. The molecule has 1 rings (SSSR count). The van der Waals surface area contributed by atoms with Crippen molar-refractivity contribution in [2.45, 2.75) is 45.8 Å². The Morgan fingerprint density at radius 3 is 2.33 bits per heavy atom. The summed E-state index contributed by atoms with van der Waals surface area (Å²) in [6.07, 6.45) is 0.237. The van der Waals surface area contributed by atoms with E-state index in [1.54, 1.807) is 0 Å². The number of ether oxygens (including phenoxy) is 1. The van der Waals surface area contributed by atoms with E-state index in [2.05, 4.69) is 10.6 Å². The second-order valence-electron chi connectivity index (χ2n) is 5.29. The highest BCUT2D eigenvalue weighted by Gasteiger charge is 2.14. The van der Waals surface area contributed by atoms with E-state index in [4.69, 9.17) is 4.74 Å². The molecule has 116 valence electrons. The topological polar surface area (TPSA) is 67.4 Å². The first-order valence-electron chi connectivity index (χ1n) is 7.11. The Morgan fingerprint density at radius 2 is 1.76 bits per heavy atom. The van der Waals surface area contributed by atoms with E-state index >= 15 is 0 Å². The van der Waals surface area contributed by atoms with E-state index in [-0.39, 0.29) is 30.4 Å². The highest BCUT2D eigenvalue weighted by Crippen LogP contribution is 2.10. The van der Waals surface area contributed by atoms with Gasteiger partial charge in [0.1, 0.15) is 0 Å². The molecule has 0 aliphatic rings. The normalized spacial score (nSPS) is 12.0. The summed E-state index contributed by atoms with van der Waals surface area (Å²) in [4.78, 5) is 23.2. The summed E-state index contributed by atoms with van der Waals surface area (Å²) in [5.41, 5.74) is 1.90. The van der Waals surface area contributed by atoms with Gasteiger partial charge in [0, 0.05) is 12.6 Å². The number of nitrogens with one attached hydrogen (secondary N) is 2. The van der Waals surface area contributed by atoms with Crippen molar-refractivity contribution >= 4 is 11.9 Å². The minimum absolute atomic E-state index is 0.0320. The first kappa shape index (κ1) is 17.2. The fourth-order valence-electron chi connectivity index (χ4n) is 1.90. The largest absolute Gasteiger partial charge is 0.469 e. The van der Waals surface area contributed by atoms with Crippen LogP contribution in [-0.4, -0.2) is 31.1 Å². The number of hydrogen-bond donors (Lipinski definition) is 2. The molecule has 0 spiro atoms. The molecule has 1 atom stereocenters. The summed E-state index contributed by atoms with van der Waals surface area (Å²) < 4.78 is 4.69. The minimum Gasteiger partial charge on any atom is -0.469 e. The van der Waals surface area contributed by atoms with Gasteiger partial charge in [0.2, 0.25) is 5.91 Å². The molecule has 1 amide bonds. The molecule has 0 bridgehead atoms. The number of esters is 1. The van der Waals surface area contributed by atoms with E-state index in [9.17, 15) is 9.59 Å².